The molecule has 2 aromatic carbocycles. The van der Waals surface area contributed by atoms with Crippen molar-refractivity contribution < 1.29 is 31.1 Å². The second-order valence-electron chi connectivity index (χ2n) is 8.05. The van der Waals surface area contributed by atoms with E-state index in [0.717, 1.165) is 43.9 Å². The van der Waals surface area contributed by atoms with E-state index in [1.54, 1.807) is 19.0 Å². The van der Waals surface area contributed by atoms with Gasteiger partial charge in [-0.1, -0.05) is 12.8 Å². The van der Waals surface area contributed by atoms with Crippen LogP contribution in [0.5, 0.6) is 5.75 Å². The van der Waals surface area contributed by atoms with Gasteiger partial charge in [-0.3, -0.25) is 4.79 Å². The zero-order valence-electron chi connectivity index (χ0n) is 18.5. The minimum atomic E-state index is -4.59. The highest BCUT2D eigenvalue weighted by Crippen LogP contribution is 2.35. The summed E-state index contributed by atoms with van der Waals surface area (Å²) >= 11 is 0. The minimum Gasteiger partial charge on any atom is -0.495 e. The number of hydrogen-bond acceptors (Lipinski definition) is 5. The Morgan fingerprint density at radius 2 is 1.76 bits per heavy atom. The molecule has 0 spiro atoms. The summed E-state index contributed by atoms with van der Waals surface area (Å²) in [4.78, 5) is 14.3. The van der Waals surface area contributed by atoms with Gasteiger partial charge in [-0.25, -0.2) is 13.1 Å². The Labute approximate surface area is 191 Å². The molecule has 1 aliphatic carbocycles. The van der Waals surface area contributed by atoms with Crippen LogP contribution in [-0.4, -0.2) is 41.6 Å². The van der Waals surface area contributed by atoms with E-state index in [0.29, 0.717) is 5.69 Å². The average molecular weight is 486 g/mol. The number of alkyl halides is 3. The van der Waals surface area contributed by atoms with Crippen molar-refractivity contribution in [1.82, 2.24) is 4.72 Å². The number of methoxy groups -OCH3 is 1. The van der Waals surface area contributed by atoms with Crippen molar-refractivity contribution in [2.75, 3.05) is 31.4 Å². The number of sulfonamides is 1. The normalized spacial score (nSPS) is 14.8. The number of ether oxygens (including phenoxy) is 1. The third-order valence-electron chi connectivity index (χ3n) is 5.45. The van der Waals surface area contributed by atoms with E-state index in [1.807, 2.05) is 0 Å². The molecule has 3 rings (SSSR count). The lowest BCUT2D eigenvalue weighted by molar-refractivity contribution is -0.137. The Morgan fingerprint density at radius 1 is 1.09 bits per heavy atom. The molecule has 33 heavy (non-hydrogen) atoms. The summed E-state index contributed by atoms with van der Waals surface area (Å²) in [6.07, 6.45) is -1.28. The van der Waals surface area contributed by atoms with Gasteiger partial charge in [0.25, 0.3) is 5.91 Å². The molecular weight excluding hydrogens is 459 g/mol. The second kappa shape index (κ2) is 9.60. The first-order chi connectivity index (χ1) is 15.4. The molecule has 0 aromatic heterocycles. The van der Waals surface area contributed by atoms with Crippen molar-refractivity contribution in [2.24, 2.45) is 0 Å². The predicted octanol–water partition coefficient (Wildman–Crippen LogP) is 4.25. The minimum absolute atomic E-state index is 0.0373. The summed E-state index contributed by atoms with van der Waals surface area (Å²) in [7, 11) is 0.600. The Balaban J connectivity index is 1.94. The van der Waals surface area contributed by atoms with E-state index in [1.165, 1.54) is 25.3 Å². The SMILES string of the molecule is COc1ccc(C(=O)Nc2cc(C(F)(F)F)ccc2N(C)C)cc1S(=O)(=O)NC1CCCC1. The van der Waals surface area contributed by atoms with E-state index in [2.05, 4.69) is 10.0 Å². The second-order valence-corrected chi connectivity index (χ2v) is 9.73. The lowest BCUT2D eigenvalue weighted by atomic mass is 10.1. The Kier molecular flexibility index (Phi) is 7.23. The van der Waals surface area contributed by atoms with Gasteiger partial charge >= 0.3 is 6.18 Å². The van der Waals surface area contributed by atoms with Crippen molar-refractivity contribution >= 4 is 27.3 Å². The number of halogens is 3. The number of nitrogens with zero attached hydrogens (tertiary/aromatic N) is 1. The van der Waals surface area contributed by atoms with Crippen LogP contribution in [0.3, 0.4) is 0 Å². The van der Waals surface area contributed by atoms with E-state index in [4.69, 9.17) is 4.74 Å². The van der Waals surface area contributed by atoms with Gasteiger partial charge in [0.2, 0.25) is 10.0 Å². The molecule has 0 atom stereocenters. The molecule has 1 amide bonds. The van der Waals surface area contributed by atoms with Gasteiger partial charge in [0.05, 0.1) is 24.0 Å². The monoisotopic (exact) mass is 485 g/mol. The molecule has 1 fully saturated rings. The van der Waals surface area contributed by atoms with Crippen LogP contribution in [0.25, 0.3) is 0 Å². The first-order valence-electron chi connectivity index (χ1n) is 10.3. The summed E-state index contributed by atoms with van der Waals surface area (Å²) in [5.41, 5.74) is -0.642. The van der Waals surface area contributed by atoms with Gasteiger partial charge in [0, 0.05) is 25.7 Å². The van der Waals surface area contributed by atoms with E-state index >= 15 is 0 Å². The summed E-state index contributed by atoms with van der Waals surface area (Å²) in [5, 5.41) is 2.47. The van der Waals surface area contributed by atoms with Gasteiger partial charge < -0.3 is 15.0 Å². The summed E-state index contributed by atoms with van der Waals surface area (Å²) in [6.45, 7) is 0. The number of carbonyl (C=O) groups excluding carboxylic acids is 1. The highest BCUT2D eigenvalue weighted by molar-refractivity contribution is 7.89. The van der Waals surface area contributed by atoms with Crippen molar-refractivity contribution in [3.63, 3.8) is 0 Å². The van der Waals surface area contributed by atoms with Gasteiger partial charge in [0.15, 0.2) is 0 Å². The van der Waals surface area contributed by atoms with E-state index in [-0.39, 0.29) is 27.9 Å². The van der Waals surface area contributed by atoms with Crippen molar-refractivity contribution in [3.05, 3.63) is 47.5 Å². The summed E-state index contributed by atoms with van der Waals surface area (Å²) in [5.74, 6) is -0.692. The Bertz CT molecular complexity index is 1130. The molecule has 7 nitrogen and oxygen atoms in total. The number of hydrogen-bond donors (Lipinski definition) is 2. The first-order valence-corrected chi connectivity index (χ1v) is 11.8. The zero-order valence-corrected chi connectivity index (χ0v) is 19.3. The fraction of sp³-hybridized carbons (Fsp3) is 0.409. The maximum Gasteiger partial charge on any atom is 0.416 e. The van der Waals surface area contributed by atoms with E-state index < -0.39 is 27.7 Å². The maximum absolute atomic E-state index is 13.2. The molecule has 0 radical (unpaired) electrons. The van der Waals surface area contributed by atoms with Gasteiger partial charge in [0.1, 0.15) is 10.6 Å². The van der Waals surface area contributed by atoms with Crippen molar-refractivity contribution in [3.8, 4) is 5.75 Å². The fourth-order valence-corrected chi connectivity index (χ4v) is 5.25. The molecular formula is C22H26F3N3O4S. The highest BCUT2D eigenvalue weighted by Gasteiger charge is 2.32. The molecule has 0 bridgehead atoms. The smallest absolute Gasteiger partial charge is 0.416 e. The van der Waals surface area contributed by atoms with Crippen LogP contribution in [0.4, 0.5) is 24.5 Å². The van der Waals surface area contributed by atoms with Gasteiger partial charge in [-0.15, -0.1) is 0 Å². The molecule has 180 valence electrons. The largest absolute Gasteiger partial charge is 0.495 e. The van der Waals surface area contributed by atoms with Crippen molar-refractivity contribution in [1.29, 1.82) is 0 Å². The van der Waals surface area contributed by atoms with Crippen molar-refractivity contribution in [2.45, 2.75) is 42.8 Å². The number of benzene rings is 2. The Morgan fingerprint density at radius 3 is 2.33 bits per heavy atom. The standard InChI is InChI=1S/C22H26F3N3O4S/c1-28(2)18-10-9-15(22(23,24)25)13-17(18)26-21(29)14-8-11-19(32-3)20(12-14)33(30,31)27-16-6-4-5-7-16/h8-13,16,27H,4-7H2,1-3H3,(H,26,29). The lowest BCUT2D eigenvalue weighted by Gasteiger charge is -2.20. The van der Waals surface area contributed by atoms with Crippen LogP contribution in [0.1, 0.15) is 41.6 Å². The van der Waals surface area contributed by atoms with Crippen LogP contribution in [0, 0.1) is 0 Å². The number of rotatable bonds is 7. The van der Waals surface area contributed by atoms with Gasteiger partial charge in [-0.2, -0.15) is 13.2 Å². The third-order valence-corrected chi connectivity index (χ3v) is 6.99. The molecule has 0 aliphatic heterocycles. The molecule has 11 heteroatoms. The van der Waals surface area contributed by atoms with Crippen LogP contribution in [0.15, 0.2) is 41.3 Å². The quantitative estimate of drug-likeness (QED) is 0.612. The molecule has 2 aromatic rings. The summed E-state index contributed by atoms with van der Waals surface area (Å²) in [6, 6.07) is 6.70. The first kappa shape index (κ1) is 24.8. The molecule has 1 saturated carbocycles. The molecule has 2 N–H and O–H groups in total. The van der Waals surface area contributed by atoms with Crippen LogP contribution < -0.4 is 19.7 Å². The fourth-order valence-electron chi connectivity index (χ4n) is 3.75. The summed E-state index contributed by atoms with van der Waals surface area (Å²) < 4.78 is 73.2. The van der Waals surface area contributed by atoms with E-state index in [9.17, 15) is 26.4 Å². The predicted molar refractivity (Wildman–Crippen MR) is 119 cm³/mol. The molecule has 0 heterocycles. The highest BCUT2D eigenvalue weighted by atomic mass is 32.2. The number of anilines is 2. The number of nitrogens with one attached hydrogen (secondary N) is 2. The number of amides is 1. The van der Waals surface area contributed by atoms with Crippen LogP contribution in [-0.2, 0) is 16.2 Å². The number of carbonyl (C=O) groups is 1. The topological polar surface area (TPSA) is 87.7 Å². The molecule has 0 saturated heterocycles. The van der Waals surface area contributed by atoms with Crippen LogP contribution >= 0.6 is 0 Å². The van der Waals surface area contributed by atoms with Gasteiger partial charge in [-0.05, 0) is 49.2 Å². The molecule has 0 unspecified atom stereocenters. The average Bonchev–Trinajstić information content (AvgIpc) is 3.24. The third kappa shape index (κ3) is 5.77. The van der Waals surface area contributed by atoms with Crippen LogP contribution in [0.2, 0.25) is 0 Å². The lowest BCUT2D eigenvalue weighted by Crippen LogP contribution is -2.33. The molecule has 1 aliphatic rings. The maximum atomic E-state index is 13.2. The zero-order chi connectivity index (χ0) is 24.4. The Hall–Kier alpha value is -2.79.